The van der Waals surface area contributed by atoms with Gasteiger partial charge in [0.05, 0.1) is 7.11 Å². The highest BCUT2D eigenvalue weighted by Gasteiger charge is 2.40. The minimum atomic E-state index is -0.916. The number of nitrogens with one attached hydrogen (secondary N) is 1. The SMILES string of the molecule is COc1cc(N2CC(C)(C)N[C@@H]3CCCC[C@H]32)cc(F)c1F.Cl.Cl. The van der Waals surface area contributed by atoms with Crippen molar-refractivity contribution in [3.8, 4) is 5.75 Å². The van der Waals surface area contributed by atoms with Gasteiger partial charge in [-0.25, -0.2) is 4.39 Å². The van der Waals surface area contributed by atoms with Crippen LogP contribution in [0.4, 0.5) is 14.5 Å². The molecule has 3 nitrogen and oxygen atoms in total. The number of piperazine rings is 1. The number of ether oxygens (including phenoxy) is 1. The van der Waals surface area contributed by atoms with Gasteiger partial charge in [-0.15, -0.1) is 24.8 Å². The molecular weight excluding hydrogens is 357 g/mol. The van der Waals surface area contributed by atoms with Crippen molar-refractivity contribution in [3.05, 3.63) is 23.8 Å². The van der Waals surface area contributed by atoms with E-state index in [4.69, 9.17) is 4.74 Å². The molecule has 1 saturated heterocycles. The first-order valence-electron chi connectivity index (χ1n) is 7.99. The zero-order chi connectivity index (χ0) is 15.9. The molecule has 0 spiro atoms. The van der Waals surface area contributed by atoms with Crippen molar-refractivity contribution < 1.29 is 13.5 Å². The van der Waals surface area contributed by atoms with E-state index in [9.17, 15) is 8.78 Å². The Balaban J connectivity index is 0.00000144. The number of halogens is 4. The largest absolute Gasteiger partial charge is 0.493 e. The molecule has 0 bridgehead atoms. The Morgan fingerprint density at radius 1 is 1.17 bits per heavy atom. The molecule has 1 aromatic rings. The van der Waals surface area contributed by atoms with E-state index in [-0.39, 0.29) is 36.1 Å². The van der Waals surface area contributed by atoms with Gasteiger partial charge in [0.1, 0.15) is 0 Å². The van der Waals surface area contributed by atoms with Gasteiger partial charge in [-0.1, -0.05) is 12.8 Å². The van der Waals surface area contributed by atoms with Gasteiger partial charge in [-0.3, -0.25) is 0 Å². The summed E-state index contributed by atoms with van der Waals surface area (Å²) in [5, 5.41) is 3.71. The summed E-state index contributed by atoms with van der Waals surface area (Å²) in [6, 6.07) is 3.64. The fourth-order valence-electron chi connectivity index (χ4n) is 3.89. The third kappa shape index (κ3) is 4.06. The predicted octanol–water partition coefficient (Wildman–Crippen LogP) is 4.32. The quantitative estimate of drug-likeness (QED) is 0.824. The van der Waals surface area contributed by atoms with Gasteiger partial charge in [0.15, 0.2) is 11.6 Å². The van der Waals surface area contributed by atoms with E-state index in [1.807, 2.05) is 0 Å². The Labute approximate surface area is 154 Å². The maximum absolute atomic E-state index is 13.9. The van der Waals surface area contributed by atoms with E-state index in [1.54, 1.807) is 6.07 Å². The van der Waals surface area contributed by atoms with E-state index in [1.165, 1.54) is 26.0 Å². The van der Waals surface area contributed by atoms with Crippen LogP contribution >= 0.6 is 24.8 Å². The maximum Gasteiger partial charge on any atom is 0.200 e. The molecule has 1 saturated carbocycles. The number of nitrogens with zero attached hydrogens (tertiary/aromatic N) is 1. The number of hydrogen-bond donors (Lipinski definition) is 1. The van der Waals surface area contributed by atoms with Crippen LogP contribution in [0.3, 0.4) is 0 Å². The van der Waals surface area contributed by atoms with Crippen molar-refractivity contribution in [1.29, 1.82) is 0 Å². The topological polar surface area (TPSA) is 24.5 Å². The van der Waals surface area contributed by atoms with Crippen LogP contribution in [0.15, 0.2) is 12.1 Å². The average molecular weight is 383 g/mol. The number of fused-ring (bicyclic) bond motifs is 1. The molecule has 0 unspecified atom stereocenters. The molecule has 3 rings (SSSR count). The molecule has 1 aliphatic carbocycles. The summed E-state index contributed by atoms with van der Waals surface area (Å²) in [6.45, 7) is 5.08. The molecule has 1 aromatic carbocycles. The summed E-state index contributed by atoms with van der Waals surface area (Å²) in [7, 11) is 1.37. The van der Waals surface area contributed by atoms with Crippen LogP contribution in [-0.4, -0.2) is 31.3 Å². The molecule has 7 heteroatoms. The molecule has 0 aromatic heterocycles. The molecule has 2 aliphatic rings. The van der Waals surface area contributed by atoms with E-state index in [0.29, 0.717) is 17.8 Å². The molecule has 0 amide bonds. The number of anilines is 1. The standard InChI is InChI=1S/C17H24F2N2O.2ClH/c1-17(2)10-21(14-7-5-4-6-13(14)20-17)11-8-12(18)16(19)15(9-11)22-3;;/h8-9,13-14,20H,4-7,10H2,1-3H3;2*1H/t13-,14-;;/m1../s1. The Hall–Kier alpha value is -0.780. The highest BCUT2D eigenvalue weighted by Crippen LogP contribution is 2.36. The number of rotatable bonds is 2. The third-order valence-electron chi connectivity index (χ3n) is 4.80. The van der Waals surface area contributed by atoms with Crippen LogP contribution in [0, 0.1) is 11.6 Å². The second-order valence-corrected chi connectivity index (χ2v) is 7.06. The second-order valence-electron chi connectivity index (χ2n) is 7.06. The van der Waals surface area contributed by atoms with Crippen molar-refractivity contribution in [2.75, 3.05) is 18.6 Å². The van der Waals surface area contributed by atoms with Crippen LogP contribution in [0.5, 0.6) is 5.75 Å². The molecule has 2 fully saturated rings. The minimum absolute atomic E-state index is 0. The van der Waals surface area contributed by atoms with Crippen LogP contribution in [0.2, 0.25) is 0 Å². The van der Waals surface area contributed by atoms with Gasteiger partial charge in [0.2, 0.25) is 5.82 Å². The normalized spacial score (nSPS) is 25.1. The Kier molecular flexibility index (Phi) is 7.15. The number of methoxy groups -OCH3 is 1. The first-order valence-corrected chi connectivity index (χ1v) is 7.99. The average Bonchev–Trinajstić information content (AvgIpc) is 2.48. The number of hydrogen-bond acceptors (Lipinski definition) is 3. The van der Waals surface area contributed by atoms with Gasteiger partial charge >= 0.3 is 0 Å². The van der Waals surface area contributed by atoms with Crippen molar-refractivity contribution in [2.24, 2.45) is 0 Å². The summed E-state index contributed by atoms with van der Waals surface area (Å²) < 4.78 is 32.6. The Bertz CT molecular complexity index is 572. The van der Waals surface area contributed by atoms with Crippen LogP contribution < -0.4 is 15.0 Å². The van der Waals surface area contributed by atoms with Crippen molar-refractivity contribution in [2.45, 2.75) is 57.2 Å². The summed E-state index contributed by atoms with van der Waals surface area (Å²) in [6.07, 6.45) is 4.61. The van der Waals surface area contributed by atoms with E-state index in [2.05, 4.69) is 24.1 Å². The Morgan fingerprint density at radius 3 is 2.50 bits per heavy atom. The van der Waals surface area contributed by atoms with Crippen LogP contribution in [0.25, 0.3) is 0 Å². The lowest BCUT2D eigenvalue weighted by molar-refractivity contribution is 0.199. The highest BCUT2D eigenvalue weighted by molar-refractivity contribution is 5.85. The van der Waals surface area contributed by atoms with Crippen molar-refractivity contribution >= 4 is 30.5 Å². The first-order chi connectivity index (χ1) is 10.4. The lowest BCUT2D eigenvalue weighted by Gasteiger charge is -2.52. The van der Waals surface area contributed by atoms with Gasteiger partial charge in [-0.2, -0.15) is 4.39 Å². The zero-order valence-electron chi connectivity index (χ0n) is 14.3. The van der Waals surface area contributed by atoms with Gasteiger partial charge in [-0.05, 0) is 26.7 Å². The highest BCUT2D eigenvalue weighted by atomic mass is 35.5. The first kappa shape index (κ1) is 21.3. The molecule has 0 radical (unpaired) electrons. The predicted molar refractivity (Wildman–Crippen MR) is 98.0 cm³/mol. The van der Waals surface area contributed by atoms with Gasteiger partial charge in [0.25, 0.3) is 0 Å². The molecule has 1 N–H and O–H groups in total. The Morgan fingerprint density at radius 2 is 1.83 bits per heavy atom. The summed E-state index contributed by atoms with van der Waals surface area (Å²) in [5.41, 5.74) is 0.651. The molecule has 138 valence electrons. The van der Waals surface area contributed by atoms with Crippen LogP contribution in [0.1, 0.15) is 39.5 Å². The van der Waals surface area contributed by atoms with Crippen LogP contribution in [-0.2, 0) is 0 Å². The smallest absolute Gasteiger partial charge is 0.200 e. The van der Waals surface area contributed by atoms with Gasteiger partial charge < -0.3 is 15.0 Å². The molecular formula is C17H26Cl2F2N2O. The van der Waals surface area contributed by atoms with Crippen molar-refractivity contribution in [1.82, 2.24) is 5.32 Å². The summed E-state index contributed by atoms with van der Waals surface area (Å²) >= 11 is 0. The van der Waals surface area contributed by atoms with E-state index < -0.39 is 11.6 Å². The second kappa shape index (κ2) is 8.07. The number of benzene rings is 1. The molecule has 2 atom stereocenters. The van der Waals surface area contributed by atoms with Crippen molar-refractivity contribution in [3.63, 3.8) is 0 Å². The zero-order valence-corrected chi connectivity index (χ0v) is 15.9. The summed E-state index contributed by atoms with van der Waals surface area (Å²) in [5.74, 6) is -1.79. The van der Waals surface area contributed by atoms with E-state index in [0.717, 1.165) is 19.4 Å². The lowest BCUT2D eigenvalue weighted by atomic mass is 9.83. The monoisotopic (exact) mass is 382 g/mol. The fraction of sp³-hybridized carbons (Fsp3) is 0.647. The molecule has 1 heterocycles. The third-order valence-corrected chi connectivity index (χ3v) is 4.80. The fourth-order valence-corrected chi connectivity index (χ4v) is 3.89. The summed E-state index contributed by atoms with van der Waals surface area (Å²) in [4.78, 5) is 2.23. The molecule has 1 aliphatic heterocycles. The minimum Gasteiger partial charge on any atom is -0.493 e. The molecule has 24 heavy (non-hydrogen) atoms. The lowest BCUT2D eigenvalue weighted by Crippen LogP contribution is -2.67. The van der Waals surface area contributed by atoms with Gasteiger partial charge in [0, 0.05) is 42.0 Å². The maximum atomic E-state index is 13.9. The van der Waals surface area contributed by atoms with E-state index >= 15 is 0 Å².